The van der Waals surface area contributed by atoms with E-state index in [-0.39, 0.29) is 27.9 Å². The zero-order valence-corrected chi connectivity index (χ0v) is 18.0. The maximum Gasteiger partial charge on any atom is 0.268 e. The number of aliphatic hydroxyl groups excluding tert-OH is 1. The fourth-order valence-electron chi connectivity index (χ4n) is 3.38. The predicted molar refractivity (Wildman–Crippen MR) is 112 cm³/mol. The molecular weight excluding hydrogens is 432 g/mol. The van der Waals surface area contributed by atoms with E-state index in [4.69, 9.17) is 4.74 Å². The van der Waals surface area contributed by atoms with Crippen molar-refractivity contribution in [1.29, 1.82) is 0 Å². The first-order chi connectivity index (χ1) is 14.0. The molecule has 1 saturated heterocycles. The lowest BCUT2D eigenvalue weighted by Crippen LogP contribution is -2.47. The largest absolute Gasteiger partial charge is 0.495 e. The Balaban J connectivity index is 2.19. The van der Waals surface area contributed by atoms with Crippen LogP contribution in [0, 0.1) is 0 Å². The lowest BCUT2D eigenvalue weighted by molar-refractivity contribution is -0.114. The molecule has 9 nitrogen and oxygen atoms in total. The topological polar surface area (TPSA) is 130 Å². The number of para-hydroxylation sites is 1. The van der Waals surface area contributed by atoms with Gasteiger partial charge in [-0.3, -0.25) is 9.10 Å². The SMILES string of the molecule is COc1ccc(NC(C)=O)cc1S(=O)(=O)N(c1ccccc1)[C@H]1CS(=O)(=O)C[C@H]1O. The van der Waals surface area contributed by atoms with Crippen molar-refractivity contribution in [1.82, 2.24) is 0 Å². The molecule has 2 aromatic carbocycles. The standard InChI is InChI=1S/C19H22N2O7S2/c1-13(22)20-14-8-9-18(28-2)19(10-14)30(26,27)21(15-6-4-3-5-7-15)16-11-29(24,25)12-17(16)23/h3-10,16-17,23H,11-12H2,1-2H3,(H,20,22)/t16-,17+/m0/s1. The van der Waals surface area contributed by atoms with Gasteiger partial charge in [-0.25, -0.2) is 16.8 Å². The molecule has 30 heavy (non-hydrogen) atoms. The zero-order chi connectivity index (χ0) is 22.1. The number of hydrogen-bond donors (Lipinski definition) is 2. The van der Waals surface area contributed by atoms with Gasteiger partial charge in [-0.15, -0.1) is 0 Å². The van der Waals surface area contributed by atoms with E-state index >= 15 is 0 Å². The van der Waals surface area contributed by atoms with Gasteiger partial charge in [0.15, 0.2) is 9.84 Å². The smallest absolute Gasteiger partial charge is 0.268 e. The number of anilines is 2. The molecule has 0 unspecified atom stereocenters. The lowest BCUT2D eigenvalue weighted by atomic mass is 10.2. The predicted octanol–water partition coefficient (Wildman–Crippen LogP) is 1.01. The normalized spacial score (nSPS) is 20.5. The minimum absolute atomic E-state index is 0.0142. The summed E-state index contributed by atoms with van der Waals surface area (Å²) in [6, 6.07) is 10.8. The van der Waals surface area contributed by atoms with Crippen molar-refractivity contribution in [2.75, 3.05) is 28.2 Å². The average Bonchev–Trinajstić information content (AvgIpc) is 2.94. The van der Waals surface area contributed by atoms with E-state index in [0.29, 0.717) is 0 Å². The van der Waals surface area contributed by atoms with Gasteiger partial charge in [0.1, 0.15) is 10.6 Å². The molecule has 11 heteroatoms. The molecule has 2 atom stereocenters. The molecule has 0 aromatic heterocycles. The van der Waals surface area contributed by atoms with E-state index in [9.17, 15) is 26.7 Å². The van der Waals surface area contributed by atoms with Crippen LogP contribution in [0.25, 0.3) is 0 Å². The molecular formula is C19H22N2O7S2. The number of benzene rings is 2. The number of ether oxygens (including phenoxy) is 1. The number of rotatable bonds is 6. The molecule has 0 radical (unpaired) electrons. The Labute approximate surface area is 175 Å². The van der Waals surface area contributed by atoms with Crippen LogP contribution in [0.2, 0.25) is 0 Å². The van der Waals surface area contributed by atoms with Crippen molar-refractivity contribution in [3.05, 3.63) is 48.5 Å². The van der Waals surface area contributed by atoms with Crippen LogP contribution < -0.4 is 14.4 Å². The van der Waals surface area contributed by atoms with Crippen LogP contribution in [0.15, 0.2) is 53.4 Å². The lowest BCUT2D eigenvalue weighted by Gasteiger charge is -2.32. The number of aliphatic hydroxyl groups is 1. The van der Waals surface area contributed by atoms with Crippen LogP contribution in [0.5, 0.6) is 5.75 Å². The van der Waals surface area contributed by atoms with Crippen LogP contribution in [-0.4, -0.2) is 58.6 Å². The van der Waals surface area contributed by atoms with E-state index < -0.39 is 43.5 Å². The first kappa shape index (κ1) is 22.1. The molecule has 1 aliphatic heterocycles. The summed E-state index contributed by atoms with van der Waals surface area (Å²) in [6.45, 7) is 1.29. The Bertz CT molecular complexity index is 1150. The number of sulfone groups is 1. The molecule has 0 aliphatic carbocycles. The van der Waals surface area contributed by atoms with E-state index in [2.05, 4.69) is 5.32 Å². The van der Waals surface area contributed by atoms with Gasteiger partial charge >= 0.3 is 0 Å². The number of amides is 1. The number of nitrogens with zero attached hydrogens (tertiary/aromatic N) is 1. The van der Waals surface area contributed by atoms with Gasteiger partial charge in [-0.1, -0.05) is 18.2 Å². The van der Waals surface area contributed by atoms with E-state index in [1.165, 1.54) is 44.4 Å². The molecule has 2 aromatic rings. The fraction of sp³-hybridized carbons (Fsp3) is 0.316. The van der Waals surface area contributed by atoms with Crippen LogP contribution in [0.4, 0.5) is 11.4 Å². The Kier molecular flexibility index (Phi) is 6.06. The van der Waals surface area contributed by atoms with Gasteiger partial charge in [0, 0.05) is 12.6 Å². The molecule has 0 bridgehead atoms. The Morgan fingerprint density at radius 2 is 1.83 bits per heavy atom. The first-order valence-corrected chi connectivity index (χ1v) is 12.2. The molecule has 2 N–H and O–H groups in total. The molecule has 3 rings (SSSR count). The third-order valence-corrected chi connectivity index (χ3v) is 8.20. The Morgan fingerprint density at radius 3 is 2.37 bits per heavy atom. The minimum atomic E-state index is -4.39. The Hall–Kier alpha value is -2.63. The first-order valence-electron chi connectivity index (χ1n) is 8.99. The van der Waals surface area contributed by atoms with Crippen molar-refractivity contribution in [2.24, 2.45) is 0 Å². The van der Waals surface area contributed by atoms with Gasteiger partial charge in [0.05, 0.1) is 36.4 Å². The third-order valence-electron chi connectivity index (χ3n) is 4.63. The highest BCUT2D eigenvalue weighted by molar-refractivity contribution is 7.93. The highest BCUT2D eigenvalue weighted by Gasteiger charge is 2.45. The quantitative estimate of drug-likeness (QED) is 0.666. The maximum atomic E-state index is 13.7. The highest BCUT2D eigenvalue weighted by Crippen LogP contribution is 2.35. The van der Waals surface area contributed by atoms with Gasteiger partial charge in [-0.2, -0.15) is 0 Å². The van der Waals surface area contributed by atoms with Gasteiger partial charge in [-0.05, 0) is 30.3 Å². The van der Waals surface area contributed by atoms with Crippen LogP contribution >= 0.6 is 0 Å². The summed E-state index contributed by atoms with van der Waals surface area (Å²) in [5, 5.41) is 12.9. The molecule has 1 heterocycles. The summed E-state index contributed by atoms with van der Waals surface area (Å²) in [5.41, 5.74) is 0.431. The summed E-state index contributed by atoms with van der Waals surface area (Å²) < 4.78 is 57.8. The van der Waals surface area contributed by atoms with Crippen molar-refractivity contribution in [3.8, 4) is 5.75 Å². The zero-order valence-electron chi connectivity index (χ0n) is 16.3. The van der Waals surface area contributed by atoms with Crippen LogP contribution in [-0.2, 0) is 24.7 Å². The molecule has 1 fully saturated rings. The summed E-state index contributed by atoms with van der Waals surface area (Å²) in [4.78, 5) is 11.1. The summed E-state index contributed by atoms with van der Waals surface area (Å²) in [5.74, 6) is -1.42. The molecule has 0 saturated carbocycles. The van der Waals surface area contributed by atoms with E-state index in [0.717, 1.165) is 4.31 Å². The third kappa shape index (κ3) is 4.42. The second-order valence-electron chi connectivity index (χ2n) is 6.89. The summed E-state index contributed by atoms with van der Waals surface area (Å²) >= 11 is 0. The van der Waals surface area contributed by atoms with Crippen molar-refractivity contribution in [3.63, 3.8) is 0 Å². The van der Waals surface area contributed by atoms with E-state index in [1.54, 1.807) is 18.2 Å². The Morgan fingerprint density at radius 1 is 1.17 bits per heavy atom. The van der Waals surface area contributed by atoms with Crippen molar-refractivity contribution in [2.45, 2.75) is 24.0 Å². The molecule has 0 spiro atoms. The second-order valence-corrected chi connectivity index (χ2v) is 10.8. The van der Waals surface area contributed by atoms with Gasteiger partial charge < -0.3 is 15.2 Å². The number of methoxy groups -OCH3 is 1. The minimum Gasteiger partial charge on any atom is -0.495 e. The second kappa shape index (κ2) is 8.25. The van der Waals surface area contributed by atoms with Gasteiger partial charge in [0.2, 0.25) is 5.91 Å². The maximum absolute atomic E-state index is 13.7. The average molecular weight is 455 g/mol. The van der Waals surface area contributed by atoms with Crippen LogP contribution in [0.1, 0.15) is 6.92 Å². The number of nitrogens with one attached hydrogen (secondary N) is 1. The monoisotopic (exact) mass is 454 g/mol. The number of hydrogen-bond acceptors (Lipinski definition) is 7. The van der Waals surface area contributed by atoms with Crippen LogP contribution in [0.3, 0.4) is 0 Å². The summed E-state index contributed by atoms with van der Waals surface area (Å²) in [6.07, 6.45) is -1.39. The highest BCUT2D eigenvalue weighted by atomic mass is 32.2. The number of sulfonamides is 1. The number of carbonyl (C=O) groups excluding carboxylic acids is 1. The fourth-order valence-corrected chi connectivity index (χ4v) is 7.11. The van der Waals surface area contributed by atoms with Crippen molar-refractivity contribution < 1.29 is 31.5 Å². The van der Waals surface area contributed by atoms with E-state index in [1.807, 2.05) is 0 Å². The number of carbonyl (C=O) groups is 1. The molecule has 162 valence electrons. The van der Waals surface area contributed by atoms with Crippen molar-refractivity contribution >= 4 is 37.1 Å². The molecule has 1 amide bonds. The molecule has 1 aliphatic rings. The summed E-state index contributed by atoms with van der Waals surface area (Å²) in [7, 11) is -6.71. The van der Waals surface area contributed by atoms with Gasteiger partial charge in [0.25, 0.3) is 10.0 Å².